The molecule has 0 bridgehead atoms. The van der Waals surface area contributed by atoms with E-state index in [1.54, 1.807) is 12.1 Å². The summed E-state index contributed by atoms with van der Waals surface area (Å²) in [6.07, 6.45) is 0.154. The Hall–Kier alpha value is -3.60. The summed E-state index contributed by atoms with van der Waals surface area (Å²) in [7, 11) is 0. The monoisotopic (exact) mass is 545 g/mol. The topological polar surface area (TPSA) is 57.6 Å². The van der Waals surface area contributed by atoms with Crippen LogP contribution in [0.5, 0.6) is 0 Å². The summed E-state index contributed by atoms with van der Waals surface area (Å²) in [5.41, 5.74) is 5.23. The molecule has 1 atom stereocenters. The van der Waals surface area contributed by atoms with Crippen LogP contribution in [-0.2, 0) is 17.8 Å². The smallest absolute Gasteiger partial charge is 0.326 e. The zero-order valence-electron chi connectivity index (χ0n) is 21.3. The second-order valence-corrected chi connectivity index (χ2v) is 10.4. The van der Waals surface area contributed by atoms with Crippen LogP contribution in [0.3, 0.4) is 0 Å². The molecule has 0 saturated carbocycles. The Bertz CT molecular complexity index is 1400. The minimum atomic E-state index is -1.09. The molecule has 38 heavy (non-hydrogen) atoms. The average molecular weight is 546 g/mol. The zero-order valence-corrected chi connectivity index (χ0v) is 22.8. The number of hydrogen-bond acceptors (Lipinski definition) is 2. The number of halogens is 2. The van der Waals surface area contributed by atoms with Crippen LogP contribution in [0.2, 0.25) is 10.0 Å². The normalized spacial score (nSPS) is 11.8. The van der Waals surface area contributed by atoms with Gasteiger partial charge >= 0.3 is 5.97 Å². The second kappa shape index (κ2) is 12.3. The van der Waals surface area contributed by atoms with Crippen LogP contribution < -0.4 is 0 Å². The van der Waals surface area contributed by atoms with Crippen LogP contribution >= 0.6 is 23.2 Å². The maximum absolute atomic E-state index is 13.7. The van der Waals surface area contributed by atoms with E-state index < -0.39 is 17.9 Å². The first-order chi connectivity index (χ1) is 18.2. The number of aliphatic carboxylic acids is 1. The predicted molar refractivity (Wildman–Crippen MR) is 154 cm³/mol. The zero-order chi connectivity index (χ0) is 27.2. The molecule has 1 amide bonds. The summed E-state index contributed by atoms with van der Waals surface area (Å²) in [6, 6.07) is 29.2. The van der Waals surface area contributed by atoms with Crippen LogP contribution in [-0.4, -0.2) is 27.9 Å². The molecular weight excluding hydrogens is 517 g/mol. The van der Waals surface area contributed by atoms with Gasteiger partial charge in [-0.05, 0) is 51.9 Å². The van der Waals surface area contributed by atoms with Gasteiger partial charge in [0.05, 0.1) is 10.0 Å². The quantitative estimate of drug-likeness (QED) is 0.231. The Morgan fingerprint density at radius 3 is 1.95 bits per heavy atom. The van der Waals surface area contributed by atoms with Gasteiger partial charge in [0.2, 0.25) is 0 Å². The third kappa shape index (κ3) is 6.63. The molecule has 0 aliphatic heterocycles. The van der Waals surface area contributed by atoms with Gasteiger partial charge in [-0.25, -0.2) is 4.79 Å². The molecule has 0 fully saturated rings. The number of benzene rings is 4. The maximum Gasteiger partial charge on any atom is 0.326 e. The molecule has 6 heteroatoms. The maximum atomic E-state index is 13.7. The summed E-state index contributed by atoms with van der Waals surface area (Å²) < 4.78 is 0. The molecule has 0 unspecified atom stereocenters. The number of nitrogens with zero attached hydrogens (tertiary/aromatic N) is 1. The molecule has 4 aromatic carbocycles. The Morgan fingerprint density at radius 2 is 1.37 bits per heavy atom. The molecule has 1 N–H and O–H groups in total. The van der Waals surface area contributed by atoms with E-state index in [0.29, 0.717) is 10.9 Å². The van der Waals surface area contributed by atoms with Gasteiger partial charge in [-0.2, -0.15) is 0 Å². The molecule has 4 rings (SSSR count). The SMILES string of the molecule is CC(C)c1ccc(CN(C(=O)c2ccc(Cl)c(Cl)c2)[C@H](Cc2ccc(-c3ccccc3)cc2)C(=O)O)cc1. The number of hydrogen-bond donors (Lipinski definition) is 1. The molecule has 0 aliphatic carbocycles. The fourth-order valence-electron chi connectivity index (χ4n) is 4.34. The van der Waals surface area contributed by atoms with Gasteiger partial charge in [-0.15, -0.1) is 0 Å². The van der Waals surface area contributed by atoms with Crippen LogP contribution in [0.1, 0.15) is 46.8 Å². The van der Waals surface area contributed by atoms with Crippen molar-refractivity contribution in [1.82, 2.24) is 4.90 Å². The molecule has 0 aliphatic rings. The summed E-state index contributed by atoms with van der Waals surface area (Å²) in [4.78, 5) is 27.7. The minimum absolute atomic E-state index is 0.135. The Morgan fingerprint density at radius 1 is 0.763 bits per heavy atom. The van der Waals surface area contributed by atoms with Gasteiger partial charge in [0.1, 0.15) is 6.04 Å². The highest BCUT2D eigenvalue weighted by atomic mass is 35.5. The molecule has 194 valence electrons. The van der Waals surface area contributed by atoms with Gasteiger partial charge in [-0.1, -0.05) is 116 Å². The van der Waals surface area contributed by atoms with Gasteiger partial charge < -0.3 is 10.0 Å². The summed E-state index contributed by atoms with van der Waals surface area (Å²) in [5, 5.41) is 10.9. The molecule has 0 aromatic heterocycles. The Kier molecular flexibility index (Phi) is 8.88. The van der Waals surface area contributed by atoms with Crippen molar-refractivity contribution in [2.75, 3.05) is 0 Å². The van der Waals surface area contributed by atoms with E-state index in [1.807, 2.05) is 78.9 Å². The van der Waals surface area contributed by atoms with Crippen molar-refractivity contribution in [3.63, 3.8) is 0 Å². The number of rotatable bonds is 9. The number of carbonyl (C=O) groups is 2. The predicted octanol–water partition coefficient (Wildman–Crippen LogP) is 8.12. The van der Waals surface area contributed by atoms with Crippen molar-refractivity contribution < 1.29 is 14.7 Å². The Balaban J connectivity index is 1.66. The number of carbonyl (C=O) groups excluding carboxylic acids is 1. The van der Waals surface area contributed by atoms with Gasteiger partial charge in [-0.3, -0.25) is 4.79 Å². The fourth-order valence-corrected chi connectivity index (χ4v) is 4.64. The van der Waals surface area contributed by atoms with E-state index in [-0.39, 0.29) is 23.6 Å². The third-order valence-electron chi connectivity index (χ3n) is 6.58. The van der Waals surface area contributed by atoms with Gasteiger partial charge in [0.15, 0.2) is 0 Å². The number of carboxylic acid groups (broad SMARTS) is 1. The first-order valence-corrected chi connectivity index (χ1v) is 13.2. The summed E-state index contributed by atoms with van der Waals surface area (Å²) >= 11 is 12.2. The van der Waals surface area contributed by atoms with Crippen molar-refractivity contribution >= 4 is 35.1 Å². The number of amides is 1. The second-order valence-electron chi connectivity index (χ2n) is 9.58. The highest BCUT2D eigenvalue weighted by Gasteiger charge is 2.31. The van der Waals surface area contributed by atoms with E-state index in [4.69, 9.17) is 23.2 Å². The van der Waals surface area contributed by atoms with Gasteiger partial charge in [0, 0.05) is 18.5 Å². The molecular formula is C32H29Cl2NO3. The average Bonchev–Trinajstić information content (AvgIpc) is 2.92. The van der Waals surface area contributed by atoms with Crippen molar-refractivity contribution in [2.45, 2.75) is 38.8 Å². The van der Waals surface area contributed by atoms with Crippen LogP contribution in [0.15, 0.2) is 97.1 Å². The lowest BCUT2D eigenvalue weighted by atomic mass is 9.98. The standard InChI is InChI=1S/C32H29Cl2NO3/c1-21(2)24-12-10-23(11-13-24)20-35(31(36)27-16-17-28(33)29(34)19-27)30(32(37)38)18-22-8-14-26(15-9-22)25-6-4-3-5-7-25/h3-17,19,21,30H,18,20H2,1-2H3,(H,37,38)/t30-/m1/s1. The van der Waals surface area contributed by atoms with Crippen molar-refractivity contribution in [3.05, 3.63) is 129 Å². The molecule has 0 saturated heterocycles. The molecule has 4 aromatic rings. The summed E-state index contributed by atoms with van der Waals surface area (Å²) in [6.45, 7) is 4.35. The first-order valence-electron chi connectivity index (χ1n) is 12.4. The molecule has 0 spiro atoms. The lowest BCUT2D eigenvalue weighted by molar-refractivity contribution is -0.142. The van der Waals surface area contributed by atoms with Crippen molar-refractivity contribution in [3.8, 4) is 11.1 Å². The summed E-state index contributed by atoms with van der Waals surface area (Å²) in [5.74, 6) is -1.14. The van der Waals surface area contributed by atoms with Crippen molar-refractivity contribution in [2.24, 2.45) is 0 Å². The number of carboxylic acids is 1. The van der Waals surface area contributed by atoms with Gasteiger partial charge in [0.25, 0.3) is 5.91 Å². The third-order valence-corrected chi connectivity index (χ3v) is 7.32. The fraction of sp³-hybridized carbons (Fsp3) is 0.188. The van der Waals surface area contributed by atoms with Crippen LogP contribution in [0.4, 0.5) is 0 Å². The highest BCUT2D eigenvalue weighted by molar-refractivity contribution is 6.42. The minimum Gasteiger partial charge on any atom is -0.480 e. The van der Waals surface area contributed by atoms with E-state index in [2.05, 4.69) is 13.8 Å². The molecule has 4 nitrogen and oxygen atoms in total. The van der Waals surface area contributed by atoms with Crippen molar-refractivity contribution in [1.29, 1.82) is 0 Å². The lowest BCUT2D eigenvalue weighted by Gasteiger charge is -2.30. The van der Waals surface area contributed by atoms with Crippen LogP contribution in [0, 0.1) is 0 Å². The highest BCUT2D eigenvalue weighted by Crippen LogP contribution is 2.26. The lowest BCUT2D eigenvalue weighted by Crippen LogP contribution is -2.46. The van der Waals surface area contributed by atoms with Crippen LogP contribution in [0.25, 0.3) is 11.1 Å². The first kappa shape index (κ1) is 27.4. The van der Waals surface area contributed by atoms with E-state index in [0.717, 1.165) is 22.3 Å². The van der Waals surface area contributed by atoms with E-state index in [9.17, 15) is 14.7 Å². The van der Waals surface area contributed by atoms with E-state index >= 15 is 0 Å². The Labute approximate surface area is 233 Å². The molecule has 0 heterocycles. The molecule has 0 radical (unpaired) electrons. The van der Waals surface area contributed by atoms with E-state index in [1.165, 1.54) is 16.5 Å². The largest absolute Gasteiger partial charge is 0.480 e.